The molecular weight excluding hydrogens is 280 g/mol. The quantitative estimate of drug-likeness (QED) is 0.823. The highest BCUT2D eigenvalue weighted by atomic mass is 16.5. The number of hydrogen-bond acceptors (Lipinski definition) is 4. The molecule has 5 heteroatoms. The topological polar surface area (TPSA) is 51.7 Å². The van der Waals surface area contributed by atoms with Gasteiger partial charge in [0, 0.05) is 32.1 Å². The lowest BCUT2D eigenvalue weighted by molar-refractivity contribution is 0.0827. The van der Waals surface area contributed by atoms with E-state index in [0.717, 1.165) is 5.56 Å². The lowest BCUT2D eigenvalue weighted by Crippen LogP contribution is -2.21. The Bertz CT molecular complexity index is 627. The standard InChI is InChI=1S/C17H20N2O3/c1-4-21-16-11-14(17(20)19(2)3)5-6-15(16)22-12-13-7-9-18-10-8-13/h5-11H,4,12H2,1-3H3. The van der Waals surface area contributed by atoms with Crippen molar-refractivity contribution in [2.45, 2.75) is 13.5 Å². The molecule has 0 spiro atoms. The molecule has 116 valence electrons. The summed E-state index contributed by atoms with van der Waals surface area (Å²) >= 11 is 0. The van der Waals surface area contributed by atoms with E-state index in [-0.39, 0.29) is 5.91 Å². The van der Waals surface area contributed by atoms with E-state index in [2.05, 4.69) is 4.98 Å². The Balaban J connectivity index is 2.18. The molecule has 0 radical (unpaired) electrons. The van der Waals surface area contributed by atoms with Crippen LogP contribution in [0.25, 0.3) is 0 Å². The molecule has 0 saturated heterocycles. The van der Waals surface area contributed by atoms with E-state index in [0.29, 0.717) is 30.3 Å². The maximum atomic E-state index is 12.0. The Morgan fingerprint density at radius 1 is 1.09 bits per heavy atom. The fourth-order valence-electron chi connectivity index (χ4n) is 1.93. The highest BCUT2D eigenvalue weighted by Gasteiger charge is 2.13. The van der Waals surface area contributed by atoms with E-state index >= 15 is 0 Å². The highest BCUT2D eigenvalue weighted by molar-refractivity contribution is 5.94. The Hall–Kier alpha value is -2.56. The van der Waals surface area contributed by atoms with Gasteiger partial charge in [0.05, 0.1) is 6.61 Å². The third-order valence-corrected chi connectivity index (χ3v) is 3.04. The van der Waals surface area contributed by atoms with E-state index in [1.807, 2.05) is 19.1 Å². The first kappa shape index (κ1) is 15.8. The number of rotatable bonds is 6. The predicted octanol–water partition coefficient (Wildman–Crippen LogP) is 2.76. The number of carbonyl (C=O) groups is 1. The molecular formula is C17H20N2O3. The van der Waals surface area contributed by atoms with E-state index < -0.39 is 0 Å². The van der Waals surface area contributed by atoms with Crippen molar-refractivity contribution in [1.29, 1.82) is 0 Å². The van der Waals surface area contributed by atoms with Crippen molar-refractivity contribution in [3.05, 3.63) is 53.9 Å². The van der Waals surface area contributed by atoms with E-state index in [1.54, 1.807) is 44.7 Å². The Morgan fingerprint density at radius 3 is 2.45 bits per heavy atom. The van der Waals surface area contributed by atoms with Crippen LogP contribution in [0, 0.1) is 0 Å². The largest absolute Gasteiger partial charge is 0.490 e. The summed E-state index contributed by atoms with van der Waals surface area (Å²) in [4.78, 5) is 17.5. The molecule has 1 aromatic heterocycles. The van der Waals surface area contributed by atoms with Crippen LogP contribution in [0.4, 0.5) is 0 Å². The maximum Gasteiger partial charge on any atom is 0.253 e. The zero-order valence-electron chi connectivity index (χ0n) is 13.1. The molecule has 0 aliphatic heterocycles. The van der Waals surface area contributed by atoms with Gasteiger partial charge in [-0.15, -0.1) is 0 Å². The van der Waals surface area contributed by atoms with Gasteiger partial charge in [-0.2, -0.15) is 0 Å². The van der Waals surface area contributed by atoms with Gasteiger partial charge in [0.1, 0.15) is 6.61 Å². The third-order valence-electron chi connectivity index (χ3n) is 3.04. The summed E-state index contributed by atoms with van der Waals surface area (Å²) in [5.74, 6) is 1.12. The lowest BCUT2D eigenvalue weighted by atomic mass is 10.2. The first-order valence-corrected chi connectivity index (χ1v) is 7.12. The monoisotopic (exact) mass is 300 g/mol. The third kappa shape index (κ3) is 3.97. The Morgan fingerprint density at radius 2 is 1.82 bits per heavy atom. The summed E-state index contributed by atoms with van der Waals surface area (Å²) in [7, 11) is 3.44. The number of carbonyl (C=O) groups excluding carboxylic acids is 1. The molecule has 1 heterocycles. The van der Waals surface area contributed by atoms with Gasteiger partial charge in [-0.05, 0) is 42.8 Å². The van der Waals surface area contributed by atoms with Crippen LogP contribution in [0.5, 0.6) is 11.5 Å². The van der Waals surface area contributed by atoms with Crippen molar-refractivity contribution in [3.63, 3.8) is 0 Å². The number of amides is 1. The lowest BCUT2D eigenvalue weighted by Gasteiger charge is -2.15. The minimum absolute atomic E-state index is 0.0679. The predicted molar refractivity (Wildman–Crippen MR) is 84.2 cm³/mol. The minimum Gasteiger partial charge on any atom is -0.490 e. The smallest absolute Gasteiger partial charge is 0.253 e. The van der Waals surface area contributed by atoms with Crippen molar-refractivity contribution in [2.24, 2.45) is 0 Å². The van der Waals surface area contributed by atoms with Gasteiger partial charge in [-0.1, -0.05) is 0 Å². The fourth-order valence-corrected chi connectivity index (χ4v) is 1.93. The first-order chi connectivity index (χ1) is 10.6. The maximum absolute atomic E-state index is 12.0. The fraction of sp³-hybridized carbons (Fsp3) is 0.294. The molecule has 22 heavy (non-hydrogen) atoms. The molecule has 2 aromatic rings. The Kier molecular flexibility index (Phi) is 5.36. The molecule has 0 fully saturated rings. The number of nitrogens with zero attached hydrogens (tertiary/aromatic N) is 2. The molecule has 0 aliphatic carbocycles. The van der Waals surface area contributed by atoms with Crippen molar-refractivity contribution >= 4 is 5.91 Å². The first-order valence-electron chi connectivity index (χ1n) is 7.12. The molecule has 2 rings (SSSR count). The molecule has 5 nitrogen and oxygen atoms in total. The van der Waals surface area contributed by atoms with Gasteiger partial charge in [-0.25, -0.2) is 0 Å². The van der Waals surface area contributed by atoms with Gasteiger partial charge in [0.2, 0.25) is 0 Å². The number of benzene rings is 1. The normalized spacial score (nSPS) is 10.1. The number of pyridine rings is 1. The van der Waals surface area contributed by atoms with Gasteiger partial charge in [0.15, 0.2) is 11.5 Å². The summed E-state index contributed by atoms with van der Waals surface area (Å²) in [5, 5.41) is 0. The van der Waals surface area contributed by atoms with Gasteiger partial charge in [-0.3, -0.25) is 9.78 Å². The van der Waals surface area contributed by atoms with Gasteiger partial charge < -0.3 is 14.4 Å². The SMILES string of the molecule is CCOc1cc(C(=O)N(C)C)ccc1OCc1ccncc1. The molecule has 0 bridgehead atoms. The summed E-state index contributed by atoms with van der Waals surface area (Å²) < 4.78 is 11.4. The highest BCUT2D eigenvalue weighted by Crippen LogP contribution is 2.29. The second kappa shape index (κ2) is 7.45. The number of aromatic nitrogens is 1. The van der Waals surface area contributed by atoms with Crippen molar-refractivity contribution in [1.82, 2.24) is 9.88 Å². The van der Waals surface area contributed by atoms with E-state index in [4.69, 9.17) is 9.47 Å². The molecule has 0 aliphatic rings. The van der Waals surface area contributed by atoms with Crippen LogP contribution in [0.1, 0.15) is 22.8 Å². The molecule has 0 unspecified atom stereocenters. The van der Waals surface area contributed by atoms with Crippen LogP contribution in [0.15, 0.2) is 42.7 Å². The molecule has 0 N–H and O–H groups in total. The average Bonchev–Trinajstić information content (AvgIpc) is 2.54. The van der Waals surface area contributed by atoms with Crippen LogP contribution >= 0.6 is 0 Å². The zero-order valence-corrected chi connectivity index (χ0v) is 13.1. The van der Waals surface area contributed by atoms with Gasteiger partial charge >= 0.3 is 0 Å². The molecule has 0 atom stereocenters. The summed E-state index contributed by atoms with van der Waals surface area (Å²) in [6.07, 6.45) is 3.45. The van der Waals surface area contributed by atoms with Crippen LogP contribution in [-0.4, -0.2) is 36.5 Å². The second-order valence-corrected chi connectivity index (χ2v) is 4.94. The van der Waals surface area contributed by atoms with E-state index in [1.165, 1.54) is 4.90 Å². The molecule has 1 aromatic carbocycles. The average molecular weight is 300 g/mol. The molecule has 0 saturated carbocycles. The van der Waals surface area contributed by atoms with Gasteiger partial charge in [0.25, 0.3) is 5.91 Å². The minimum atomic E-state index is -0.0679. The molecule has 1 amide bonds. The zero-order chi connectivity index (χ0) is 15.9. The van der Waals surface area contributed by atoms with Crippen molar-refractivity contribution in [3.8, 4) is 11.5 Å². The van der Waals surface area contributed by atoms with Crippen molar-refractivity contribution in [2.75, 3.05) is 20.7 Å². The van der Waals surface area contributed by atoms with Crippen molar-refractivity contribution < 1.29 is 14.3 Å². The summed E-state index contributed by atoms with van der Waals surface area (Å²) in [6.45, 7) is 2.82. The van der Waals surface area contributed by atoms with E-state index in [9.17, 15) is 4.79 Å². The van der Waals surface area contributed by atoms with Crippen LogP contribution in [0.3, 0.4) is 0 Å². The Labute approximate surface area is 130 Å². The number of ether oxygens (including phenoxy) is 2. The summed E-state index contributed by atoms with van der Waals surface area (Å²) in [6, 6.07) is 9.01. The van der Waals surface area contributed by atoms with Crippen LogP contribution in [0.2, 0.25) is 0 Å². The summed E-state index contributed by atoms with van der Waals surface area (Å²) in [5.41, 5.74) is 1.59. The van der Waals surface area contributed by atoms with Crippen LogP contribution in [-0.2, 0) is 6.61 Å². The second-order valence-electron chi connectivity index (χ2n) is 4.94. The van der Waals surface area contributed by atoms with Crippen LogP contribution < -0.4 is 9.47 Å². The number of hydrogen-bond donors (Lipinski definition) is 0.